The molecular formula is C19H20N2O3S. The number of nitrogens with one attached hydrogen (secondary N) is 1. The quantitative estimate of drug-likeness (QED) is 0.446. The Bertz CT molecular complexity index is 732. The van der Waals surface area contributed by atoms with Crippen LogP contribution in [0.15, 0.2) is 54.9 Å². The summed E-state index contributed by atoms with van der Waals surface area (Å²) in [6.45, 7) is 0.609. The molecule has 1 N–H and O–H groups in total. The molecule has 0 amide bonds. The smallest absolute Gasteiger partial charge is 0.343 e. The summed E-state index contributed by atoms with van der Waals surface area (Å²) in [6, 6.07) is 11.4. The Morgan fingerprint density at radius 1 is 1.32 bits per heavy atom. The first-order chi connectivity index (χ1) is 12.2. The number of ether oxygens (including phenoxy) is 2. The Morgan fingerprint density at radius 2 is 2.20 bits per heavy atom. The normalized spacial score (nSPS) is 10.4. The number of thiocarbonyl (C=S) groups is 1. The zero-order valence-corrected chi connectivity index (χ0v) is 14.8. The average Bonchev–Trinajstić information content (AvgIpc) is 2.65. The number of rotatable bonds is 8. The van der Waals surface area contributed by atoms with Crippen LogP contribution in [0.2, 0.25) is 0 Å². The first-order valence-corrected chi connectivity index (χ1v) is 8.22. The standard InChI is InChI=1S/C19H20N2O3S/c1-23-19(22)14-24-17-6-2-4-15(12-17)9-11-21-18(25)8-7-16-5-3-10-20-13-16/h2-8,10,12-13H,9,11,14H2,1H3,(H,21,25). The van der Waals surface area contributed by atoms with Crippen LogP contribution in [-0.4, -0.2) is 36.2 Å². The number of hydrogen-bond acceptors (Lipinski definition) is 5. The fourth-order valence-corrected chi connectivity index (χ4v) is 2.20. The number of aromatic nitrogens is 1. The summed E-state index contributed by atoms with van der Waals surface area (Å²) in [7, 11) is 1.33. The Morgan fingerprint density at radius 3 is 2.96 bits per heavy atom. The number of methoxy groups -OCH3 is 1. The van der Waals surface area contributed by atoms with Gasteiger partial charge in [0.15, 0.2) is 6.61 Å². The molecular weight excluding hydrogens is 336 g/mol. The summed E-state index contributed by atoms with van der Waals surface area (Å²) < 4.78 is 9.93. The minimum atomic E-state index is -0.405. The molecule has 0 unspecified atom stereocenters. The first kappa shape index (κ1) is 18.6. The maximum atomic E-state index is 11.1. The van der Waals surface area contributed by atoms with E-state index in [2.05, 4.69) is 15.0 Å². The zero-order valence-electron chi connectivity index (χ0n) is 14.0. The maximum Gasteiger partial charge on any atom is 0.343 e. The second-order valence-corrected chi connectivity index (χ2v) is 5.61. The van der Waals surface area contributed by atoms with Crippen molar-refractivity contribution in [3.63, 3.8) is 0 Å². The molecule has 1 aromatic carbocycles. The number of pyridine rings is 1. The first-order valence-electron chi connectivity index (χ1n) is 7.82. The van der Waals surface area contributed by atoms with Crippen molar-refractivity contribution in [1.29, 1.82) is 0 Å². The van der Waals surface area contributed by atoms with E-state index in [-0.39, 0.29) is 6.61 Å². The van der Waals surface area contributed by atoms with E-state index in [0.717, 1.165) is 17.5 Å². The summed E-state index contributed by atoms with van der Waals surface area (Å²) in [6.07, 6.45) is 8.07. The fraction of sp³-hybridized carbons (Fsp3) is 0.211. The van der Waals surface area contributed by atoms with Crippen LogP contribution in [-0.2, 0) is 16.0 Å². The Labute approximate surface area is 152 Å². The fourth-order valence-electron chi connectivity index (χ4n) is 2.03. The molecule has 2 aromatic rings. The van der Waals surface area contributed by atoms with Crippen molar-refractivity contribution in [2.45, 2.75) is 6.42 Å². The van der Waals surface area contributed by atoms with Crippen LogP contribution in [0.5, 0.6) is 5.75 Å². The number of benzene rings is 1. The third-order valence-electron chi connectivity index (χ3n) is 3.31. The van der Waals surface area contributed by atoms with Gasteiger partial charge in [-0.05, 0) is 41.8 Å². The molecule has 0 saturated heterocycles. The Hall–Kier alpha value is -2.73. The second kappa shape index (κ2) is 10.2. The van der Waals surface area contributed by atoms with Crippen LogP contribution >= 0.6 is 12.2 Å². The SMILES string of the molecule is COC(=O)COc1cccc(CCNC(=S)C=Cc2cccnc2)c1. The summed E-state index contributed by atoms with van der Waals surface area (Å²) >= 11 is 5.28. The Kier molecular flexibility index (Phi) is 7.59. The topological polar surface area (TPSA) is 60.5 Å². The van der Waals surface area contributed by atoms with E-state index in [1.807, 2.05) is 42.5 Å². The Balaban J connectivity index is 1.76. The minimum absolute atomic E-state index is 0.0958. The van der Waals surface area contributed by atoms with Crippen LogP contribution in [0, 0.1) is 0 Å². The molecule has 2 rings (SSSR count). The van der Waals surface area contributed by atoms with Gasteiger partial charge in [-0.15, -0.1) is 0 Å². The molecule has 0 fully saturated rings. The van der Waals surface area contributed by atoms with Crippen molar-refractivity contribution in [3.05, 3.63) is 66.0 Å². The number of carbonyl (C=O) groups excluding carboxylic acids is 1. The van der Waals surface area contributed by atoms with E-state index in [9.17, 15) is 4.79 Å². The van der Waals surface area contributed by atoms with Gasteiger partial charge in [0.05, 0.1) is 12.1 Å². The van der Waals surface area contributed by atoms with E-state index in [0.29, 0.717) is 17.3 Å². The van der Waals surface area contributed by atoms with E-state index in [1.165, 1.54) is 7.11 Å². The number of carbonyl (C=O) groups is 1. The molecule has 0 saturated carbocycles. The highest BCUT2D eigenvalue weighted by Gasteiger charge is 2.02. The lowest BCUT2D eigenvalue weighted by Crippen LogP contribution is -2.22. The molecule has 0 aliphatic rings. The van der Waals surface area contributed by atoms with E-state index in [1.54, 1.807) is 18.5 Å². The number of esters is 1. The minimum Gasteiger partial charge on any atom is -0.482 e. The molecule has 25 heavy (non-hydrogen) atoms. The third kappa shape index (κ3) is 7.14. The number of nitrogens with zero attached hydrogens (tertiary/aromatic N) is 1. The predicted molar refractivity (Wildman–Crippen MR) is 102 cm³/mol. The second-order valence-electron chi connectivity index (χ2n) is 5.17. The van der Waals surface area contributed by atoms with Gasteiger partial charge in [-0.3, -0.25) is 4.98 Å². The molecule has 0 bridgehead atoms. The van der Waals surface area contributed by atoms with Crippen LogP contribution in [0.3, 0.4) is 0 Å². The van der Waals surface area contributed by atoms with Crippen molar-refractivity contribution in [3.8, 4) is 5.75 Å². The number of hydrogen-bond donors (Lipinski definition) is 1. The average molecular weight is 356 g/mol. The predicted octanol–water partition coefficient (Wildman–Crippen LogP) is 2.81. The van der Waals surface area contributed by atoms with Gasteiger partial charge in [0.2, 0.25) is 0 Å². The van der Waals surface area contributed by atoms with Crippen LogP contribution < -0.4 is 10.1 Å². The van der Waals surface area contributed by atoms with Gasteiger partial charge in [0.1, 0.15) is 5.75 Å². The zero-order chi connectivity index (χ0) is 17.9. The summed E-state index contributed by atoms with van der Waals surface area (Å²) in [4.78, 5) is 15.8. The summed E-state index contributed by atoms with van der Waals surface area (Å²) in [5, 5.41) is 3.19. The monoisotopic (exact) mass is 356 g/mol. The maximum absolute atomic E-state index is 11.1. The van der Waals surface area contributed by atoms with Gasteiger partial charge in [0, 0.05) is 18.9 Å². The van der Waals surface area contributed by atoms with Crippen LogP contribution in [0.25, 0.3) is 6.08 Å². The molecule has 0 aliphatic heterocycles. The van der Waals surface area contributed by atoms with Crippen LogP contribution in [0.4, 0.5) is 0 Å². The molecule has 0 aliphatic carbocycles. The van der Waals surface area contributed by atoms with Crippen molar-refractivity contribution >= 4 is 29.3 Å². The van der Waals surface area contributed by atoms with E-state index >= 15 is 0 Å². The molecule has 130 valence electrons. The van der Waals surface area contributed by atoms with Gasteiger partial charge in [0.25, 0.3) is 0 Å². The molecule has 1 heterocycles. The molecule has 0 radical (unpaired) electrons. The van der Waals surface area contributed by atoms with Gasteiger partial charge < -0.3 is 14.8 Å². The third-order valence-corrected chi connectivity index (χ3v) is 3.59. The lowest BCUT2D eigenvalue weighted by molar-refractivity contribution is -0.142. The molecule has 5 nitrogen and oxygen atoms in total. The molecule has 6 heteroatoms. The highest BCUT2D eigenvalue weighted by atomic mass is 32.1. The molecule has 1 aromatic heterocycles. The lowest BCUT2D eigenvalue weighted by atomic mass is 10.1. The lowest BCUT2D eigenvalue weighted by Gasteiger charge is -2.08. The van der Waals surface area contributed by atoms with Gasteiger partial charge in [-0.1, -0.05) is 36.5 Å². The van der Waals surface area contributed by atoms with E-state index in [4.69, 9.17) is 17.0 Å². The van der Waals surface area contributed by atoms with Gasteiger partial charge >= 0.3 is 5.97 Å². The highest BCUT2D eigenvalue weighted by Crippen LogP contribution is 2.13. The molecule has 0 spiro atoms. The van der Waals surface area contributed by atoms with E-state index < -0.39 is 5.97 Å². The molecule has 0 atom stereocenters. The largest absolute Gasteiger partial charge is 0.482 e. The van der Waals surface area contributed by atoms with Gasteiger partial charge in [-0.2, -0.15) is 0 Å². The van der Waals surface area contributed by atoms with Crippen molar-refractivity contribution in [1.82, 2.24) is 10.3 Å². The van der Waals surface area contributed by atoms with Crippen LogP contribution in [0.1, 0.15) is 11.1 Å². The highest BCUT2D eigenvalue weighted by molar-refractivity contribution is 7.80. The van der Waals surface area contributed by atoms with Crippen molar-refractivity contribution in [2.24, 2.45) is 0 Å². The summed E-state index contributed by atoms with van der Waals surface area (Å²) in [5.74, 6) is 0.236. The van der Waals surface area contributed by atoms with Gasteiger partial charge in [-0.25, -0.2) is 4.79 Å². The summed E-state index contributed by atoms with van der Waals surface area (Å²) in [5.41, 5.74) is 2.09. The van der Waals surface area contributed by atoms with Crippen molar-refractivity contribution in [2.75, 3.05) is 20.3 Å². The van der Waals surface area contributed by atoms with Crippen molar-refractivity contribution < 1.29 is 14.3 Å².